The van der Waals surface area contributed by atoms with E-state index in [1.165, 1.54) is 20.3 Å². The van der Waals surface area contributed by atoms with Crippen molar-refractivity contribution in [3.63, 3.8) is 0 Å². The summed E-state index contributed by atoms with van der Waals surface area (Å²) >= 11 is 0. The molecule has 27 heavy (non-hydrogen) atoms. The number of rotatable bonds is 8. The summed E-state index contributed by atoms with van der Waals surface area (Å²) in [6.45, 7) is 3.79. The largest absolute Gasteiger partial charge is 0.497 e. The normalized spacial score (nSPS) is 11.4. The molecule has 2 rings (SSSR count). The van der Waals surface area contributed by atoms with Gasteiger partial charge in [-0.25, -0.2) is 4.79 Å². The lowest BCUT2D eigenvalue weighted by molar-refractivity contribution is -0.119. The maximum absolute atomic E-state index is 12.3. The first-order valence-corrected chi connectivity index (χ1v) is 8.78. The second-order valence-electron chi connectivity index (χ2n) is 6.09. The van der Waals surface area contributed by atoms with Crippen molar-refractivity contribution in [3.05, 3.63) is 53.6 Å². The lowest BCUT2D eigenvalue weighted by Crippen LogP contribution is -2.22. The summed E-state index contributed by atoms with van der Waals surface area (Å²) in [5.74, 6) is 0.0974. The van der Waals surface area contributed by atoms with Crippen LogP contribution in [0, 0.1) is 0 Å². The molecular formula is C21H25NO5. The molecule has 0 unspecified atom stereocenters. The van der Waals surface area contributed by atoms with E-state index in [4.69, 9.17) is 14.2 Å². The number of ether oxygens (including phenoxy) is 3. The molecule has 0 aliphatic heterocycles. The number of nitrogens with one attached hydrogen (secondary N) is 1. The first kappa shape index (κ1) is 20.3. The third kappa shape index (κ3) is 5.23. The van der Waals surface area contributed by atoms with Crippen LogP contribution in [0.2, 0.25) is 0 Å². The maximum atomic E-state index is 12.3. The van der Waals surface area contributed by atoms with Crippen molar-refractivity contribution < 1.29 is 23.8 Å². The Balaban J connectivity index is 2.03. The second-order valence-corrected chi connectivity index (χ2v) is 6.09. The van der Waals surface area contributed by atoms with Crippen molar-refractivity contribution in [2.75, 3.05) is 26.1 Å². The van der Waals surface area contributed by atoms with E-state index < -0.39 is 18.5 Å². The third-order valence-electron chi connectivity index (χ3n) is 4.34. The smallest absolute Gasteiger partial charge is 0.342 e. The minimum absolute atomic E-state index is 0.199. The van der Waals surface area contributed by atoms with Crippen LogP contribution in [-0.4, -0.2) is 32.7 Å². The molecule has 1 N–H and O–H groups in total. The molecule has 1 amide bonds. The molecule has 0 saturated carbocycles. The molecule has 0 aromatic heterocycles. The van der Waals surface area contributed by atoms with Crippen molar-refractivity contribution in [1.29, 1.82) is 0 Å². The zero-order valence-electron chi connectivity index (χ0n) is 16.1. The number of carbonyl (C=O) groups is 2. The van der Waals surface area contributed by atoms with Gasteiger partial charge in [0.15, 0.2) is 6.61 Å². The van der Waals surface area contributed by atoms with E-state index in [0.29, 0.717) is 17.4 Å². The first-order chi connectivity index (χ1) is 13.0. The van der Waals surface area contributed by atoms with Gasteiger partial charge in [-0.15, -0.1) is 0 Å². The molecule has 2 aromatic carbocycles. The standard InChI is InChI=1S/C21H25NO5/c1-5-14(2)16-8-6-7-9-18(16)22-20(23)13-27-21(24)17-12-15(25-3)10-11-19(17)26-4/h6-12,14H,5,13H2,1-4H3,(H,22,23)/t14-/m0/s1. The van der Waals surface area contributed by atoms with E-state index in [2.05, 4.69) is 19.2 Å². The van der Waals surface area contributed by atoms with Crippen molar-refractivity contribution in [1.82, 2.24) is 0 Å². The number of carbonyl (C=O) groups excluding carboxylic acids is 2. The zero-order valence-corrected chi connectivity index (χ0v) is 16.1. The fourth-order valence-corrected chi connectivity index (χ4v) is 2.63. The van der Waals surface area contributed by atoms with E-state index in [1.807, 2.05) is 24.3 Å². The Morgan fingerprint density at radius 3 is 2.48 bits per heavy atom. The van der Waals surface area contributed by atoms with Gasteiger partial charge < -0.3 is 19.5 Å². The van der Waals surface area contributed by atoms with Crippen LogP contribution in [0.4, 0.5) is 5.69 Å². The van der Waals surface area contributed by atoms with Crippen molar-refractivity contribution >= 4 is 17.6 Å². The molecule has 0 heterocycles. The molecule has 0 spiro atoms. The Hall–Kier alpha value is -3.02. The fourth-order valence-electron chi connectivity index (χ4n) is 2.63. The van der Waals surface area contributed by atoms with Crippen LogP contribution >= 0.6 is 0 Å². The average Bonchev–Trinajstić information content (AvgIpc) is 2.71. The SMILES string of the molecule is CC[C@H](C)c1ccccc1NC(=O)COC(=O)c1cc(OC)ccc1OC. The van der Waals surface area contributed by atoms with Gasteiger partial charge in [0.05, 0.1) is 14.2 Å². The predicted molar refractivity (Wildman–Crippen MR) is 104 cm³/mol. The predicted octanol–water partition coefficient (Wildman–Crippen LogP) is 4.01. The Morgan fingerprint density at radius 2 is 1.81 bits per heavy atom. The highest BCUT2D eigenvalue weighted by atomic mass is 16.5. The quantitative estimate of drug-likeness (QED) is 0.710. The van der Waals surface area contributed by atoms with Crippen LogP contribution in [0.15, 0.2) is 42.5 Å². The highest BCUT2D eigenvalue weighted by molar-refractivity contribution is 5.97. The Bertz CT molecular complexity index is 803. The van der Waals surface area contributed by atoms with E-state index >= 15 is 0 Å². The van der Waals surface area contributed by atoms with Crippen molar-refractivity contribution in [3.8, 4) is 11.5 Å². The molecule has 6 heteroatoms. The number of esters is 1. The van der Waals surface area contributed by atoms with E-state index in [0.717, 1.165) is 17.7 Å². The van der Waals surface area contributed by atoms with Crippen LogP contribution < -0.4 is 14.8 Å². The number of hydrogen-bond donors (Lipinski definition) is 1. The molecule has 0 radical (unpaired) electrons. The highest BCUT2D eigenvalue weighted by Crippen LogP contribution is 2.27. The minimum Gasteiger partial charge on any atom is -0.497 e. The van der Waals surface area contributed by atoms with E-state index in [1.54, 1.807) is 12.1 Å². The van der Waals surface area contributed by atoms with Gasteiger partial charge in [0.1, 0.15) is 17.1 Å². The molecule has 144 valence electrons. The summed E-state index contributed by atoms with van der Waals surface area (Å²) < 4.78 is 15.4. The van der Waals surface area contributed by atoms with Crippen molar-refractivity contribution in [2.45, 2.75) is 26.2 Å². The zero-order chi connectivity index (χ0) is 19.8. The van der Waals surface area contributed by atoms with Crippen LogP contribution in [0.3, 0.4) is 0 Å². The summed E-state index contributed by atoms with van der Waals surface area (Å²) in [5.41, 5.74) is 1.98. The molecule has 6 nitrogen and oxygen atoms in total. The van der Waals surface area contributed by atoms with Gasteiger partial charge >= 0.3 is 5.97 Å². The highest BCUT2D eigenvalue weighted by Gasteiger charge is 2.17. The molecule has 0 aliphatic carbocycles. The lowest BCUT2D eigenvalue weighted by atomic mass is 9.97. The fraction of sp³-hybridized carbons (Fsp3) is 0.333. The van der Waals surface area contributed by atoms with Gasteiger partial charge in [-0.05, 0) is 42.2 Å². The summed E-state index contributed by atoms with van der Waals surface area (Å²) in [6, 6.07) is 12.4. The number of anilines is 1. The van der Waals surface area contributed by atoms with Gasteiger partial charge in [-0.3, -0.25) is 4.79 Å². The Labute approximate surface area is 159 Å². The number of para-hydroxylation sites is 1. The number of benzene rings is 2. The topological polar surface area (TPSA) is 73.9 Å². The Morgan fingerprint density at radius 1 is 1.07 bits per heavy atom. The van der Waals surface area contributed by atoms with Crippen LogP contribution in [0.1, 0.15) is 42.1 Å². The van der Waals surface area contributed by atoms with Gasteiger partial charge in [-0.2, -0.15) is 0 Å². The molecule has 0 saturated heterocycles. The molecule has 1 atom stereocenters. The van der Waals surface area contributed by atoms with E-state index in [9.17, 15) is 9.59 Å². The second kappa shape index (κ2) is 9.62. The molecular weight excluding hydrogens is 346 g/mol. The average molecular weight is 371 g/mol. The lowest BCUT2D eigenvalue weighted by Gasteiger charge is -2.15. The van der Waals surface area contributed by atoms with Crippen LogP contribution in [0.5, 0.6) is 11.5 Å². The number of amides is 1. The minimum atomic E-state index is -0.656. The number of methoxy groups -OCH3 is 2. The summed E-state index contributed by atoms with van der Waals surface area (Å²) in [7, 11) is 2.95. The van der Waals surface area contributed by atoms with Gasteiger partial charge in [0.2, 0.25) is 0 Å². The summed E-state index contributed by atoms with van der Waals surface area (Å²) in [5, 5.41) is 2.81. The summed E-state index contributed by atoms with van der Waals surface area (Å²) in [4.78, 5) is 24.6. The summed E-state index contributed by atoms with van der Waals surface area (Å²) in [6.07, 6.45) is 0.956. The molecule has 0 fully saturated rings. The van der Waals surface area contributed by atoms with Gasteiger partial charge in [-0.1, -0.05) is 32.0 Å². The molecule has 0 aliphatic rings. The molecule has 0 bridgehead atoms. The van der Waals surface area contributed by atoms with Crippen molar-refractivity contribution in [2.24, 2.45) is 0 Å². The third-order valence-corrected chi connectivity index (χ3v) is 4.34. The molecule has 2 aromatic rings. The Kier molecular flexibility index (Phi) is 7.23. The first-order valence-electron chi connectivity index (χ1n) is 8.78. The van der Waals surface area contributed by atoms with Gasteiger partial charge in [0, 0.05) is 5.69 Å². The number of hydrogen-bond acceptors (Lipinski definition) is 5. The van der Waals surface area contributed by atoms with Crippen LogP contribution in [0.25, 0.3) is 0 Å². The van der Waals surface area contributed by atoms with Gasteiger partial charge in [0.25, 0.3) is 5.91 Å². The maximum Gasteiger partial charge on any atom is 0.342 e. The van der Waals surface area contributed by atoms with E-state index in [-0.39, 0.29) is 5.56 Å². The van der Waals surface area contributed by atoms with Crippen LogP contribution in [-0.2, 0) is 9.53 Å². The monoisotopic (exact) mass is 371 g/mol.